The first-order valence-electron chi connectivity index (χ1n) is 15.9. The highest BCUT2D eigenvalue weighted by Crippen LogP contribution is 2.46. The molecule has 0 saturated heterocycles. The number of furan rings is 1. The first-order chi connectivity index (χ1) is 23.3. The Bertz CT molecular complexity index is 2790. The lowest BCUT2D eigenvalue weighted by molar-refractivity contribution is 0.669. The van der Waals surface area contributed by atoms with Crippen molar-refractivity contribution in [1.29, 1.82) is 0 Å². The summed E-state index contributed by atoms with van der Waals surface area (Å²) in [6.45, 7) is 0. The molecule has 2 heterocycles. The number of anilines is 3. The van der Waals surface area contributed by atoms with Gasteiger partial charge in [-0.1, -0.05) is 103 Å². The summed E-state index contributed by atoms with van der Waals surface area (Å²) in [5, 5.41) is 9.84. The lowest BCUT2D eigenvalue weighted by Crippen LogP contribution is -2.10. The van der Waals surface area contributed by atoms with E-state index in [1.54, 1.807) is 0 Å². The van der Waals surface area contributed by atoms with Gasteiger partial charge in [0.05, 0.1) is 5.69 Å². The highest BCUT2D eigenvalue weighted by atomic mass is 32.1. The van der Waals surface area contributed by atoms with Crippen molar-refractivity contribution in [3.8, 4) is 11.1 Å². The minimum Gasteiger partial charge on any atom is -0.456 e. The van der Waals surface area contributed by atoms with Gasteiger partial charge >= 0.3 is 0 Å². The van der Waals surface area contributed by atoms with E-state index in [-0.39, 0.29) is 0 Å². The van der Waals surface area contributed by atoms with Gasteiger partial charge < -0.3 is 9.32 Å². The van der Waals surface area contributed by atoms with Gasteiger partial charge in [0.15, 0.2) is 0 Å². The molecule has 0 radical (unpaired) electrons. The number of thiophene rings is 1. The Balaban J connectivity index is 1.21. The van der Waals surface area contributed by atoms with Crippen LogP contribution in [0.4, 0.5) is 17.1 Å². The largest absolute Gasteiger partial charge is 0.456 e. The molecule has 10 aromatic rings. The predicted molar refractivity (Wildman–Crippen MR) is 202 cm³/mol. The number of benzene rings is 8. The summed E-state index contributed by atoms with van der Waals surface area (Å²) in [7, 11) is 0. The summed E-state index contributed by atoms with van der Waals surface area (Å²) in [5.74, 6) is 0. The van der Waals surface area contributed by atoms with Gasteiger partial charge in [-0.05, 0) is 87.9 Å². The molecule has 0 aliphatic heterocycles. The minimum absolute atomic E-state index is 0.899. The van der Waals surface area contributed by atoms with E-state index in [4.69, 9.17) is 4.42 Å². The van der Waals surface area contributed by atoms with Crippen molar-refractivity contribution in [1.82, 2.24) is 0 Å². The van der Waals surface area contributed by atoms with Crippen molar-refractivity contribution >= 4 is 92.1 Å². The SMILES string of the molecule is c1ccc(-c2ccc(N(c3ccc4oc5ccc6c7cc8ccccc8cc7sc6c5c4c3)c3cccc4ccccc34)cc2)cc1. The Morgan fingerprint density at radius 2 is 1.11 bits per heavy atom. The van der Waals surface area contributed by atoms with E-state index >= 15 is 0 Å². The Morgan fingerprint density at radius 1 is 0.426 bits per heavy atom. The molecular weight excluding hydrogens is 591 g/mol. The van der Waals surface area contributed by atoms with E-state index in [0.717, 1.165) is 33.6 Å². The molecule has 0 atom stereocenters. The van der Waals surface area contributed by atoms with E-state index in [1.165, 1.54) is 58.2 Å². The van der Waals surface area contributed by atoms with E-state index in [1.807, 2.05) is 11.3 Å². The second-order valence-electron chi connectivity index (χ2n) is 12.1. The summed E-state index contributed by atoms with van der Waals surface area (Å²) >= 11 is 1.86. The molecule has 3 heteroatoms. The molecule has 0 aliphatic rings. The van der Waals surface area contributed by atoms with Crippen molar-refractivity contribution in [2.75, 3.05) is 4.90 Å². The van der Waals surface area contributed by atoms with Crippen LogP contribution in [-0.4, -0.2) is 0 Å². The Morgan fingerprint density at radius 3 is 1.96 bits per heavy atom. The molecule has 0 spiro atoms. The van der Waals surface area contributed by atoms with Crippen LogP contribution < -0.4 is 4.90 Å². The third kappa shape index (κ3) is 4.17. The molecule has 0 fully saturated rings. The third-order valence-corrected chi connectivity index (χ3v) is 10.6. The second kappa shape index (κ2) is 10.3. The Kier molecular flexibility index (Phi) is 5.78. The van der Waals surface area contributed by atoms with Crippen LogP contribution >= 0.6 is 11.3 Å². The maximum absolute atomic E-state index is 6.50. The predicted octanol–water partition coefficient (Wildman–Crippen LogP) is 13.4. The van der Waals surface area contributed by atoms with Crippen LogP contribution in [0.25, 0.3) is 74.8 Å². The molecule has 0 bridgehead atoms. The number of rotatable bonds is 4. The van der Waals surface area contributed by atoms with Crippen LogP contribution in [0.5, 0.6) is 0 Å². The summed E-state index contributed by atoms with van der Waals surface area (Å²) in [6, 6.07) is 58.9. The molecule has 10 rings (SSSR count). The molecule has 0 N–H and O–H groups in total. The summed E-state index contributed by atoms with van der Waals surface area (Å²) < 4.78 is 9.07. The fourth-order valence-electron chi connectivity index (χ4n) is 7.17. The lowest BCUT2D eigenvalue weighted by atomic mass is 10.0. The molecule has 0 amide bonds. The van der Waals surface area contributed by atoms with E-state index in [9.17, 15) is 0 Å². The van der Waals surface area contributed by atoms with E-state index < -0.39 is 0 Å². The average Bonchev–Trinajstić information content (AvgIpc) is 3.69. The third-order valence-electron chi connectivity index (χ3n) is 9.42. The lowest BCUT2D eigenvalue weighted by Gasteiger charge is -2.27. The highest BCUT2D eigenvalue weighted by molar-refractivity contribution is 7.26. The Labute approximate surface area is 275 Å². The van der Waals surface area contributed by atoms with Crippen LogP contribution in [0.3, 0.4) is 0 Å². The average molecular weight is 618 g/mol. The fourth-order valence-corrected chi connectivity index (χ4v) is 8.46. The van der Waals surface area contributed by atoms with Crippen LogP contribution in [0, 0.1) is 0 Å². The van der Waals surface area contributed by atoms with Crippen molar-refractivity contribution in [2.24, 2.45) is 0 Å². The van der Waals surface area contributed by atoms with Crippen LogP contribution in [0.2, 0.25) is 0 Å². The summed E-state index contributed by atoms with van der Waals surface area (Å²) in [6.07, 6.45) is 0. The van der Waals surface area contributed by atoms with Crippen molar-refractivity contribution < 1.29 is 4.42 Å². The zero-order valence-electron chi connectivity index (χ0n) is 25.4. The van der Waals surface area contributed by atoms with Gasteiger partial charge in [-0.2, -0.15) is 0 Å². The normalized spacial score (nSPS) is 11.8. The summed E-state index contributed by atoms with van der Waals surface area (Å²) in [5.41, 5.74) is 7.56. The summed E-state index contributed by atoms with van der Waals surface area (Å²) in [4.78, 5) is 2.38. The number of hydrogen-bond donors (Lipinski definition) is 0. The molecule has 2 aromatic heterocycles. The van der Waals surface area contributed by atoms with Crippen molar-refractivity contribution in [2.45, 2.75) is 0 Å². The van der Waals surface area contributed by atoms with Crippen LogP contribution in [0.1, 0.15) is 0 Å². The van der Waals surface area contributed by atoms with E-state index in [0.29, 0.717) is 0 Å². The van der Waals surface area contributed by atoms with Gasteiger partial charge in [0.25, 0.3) is 0 Å². The molecule has 0 aliphatic carbocycles. The van der Waals surface area contributed by atoms with Gasteiger partial charge in [0.2, 0.25) is 0 Å². The molecule has 2 nitrogen and oxygen atoms in total. The quantitative estimate of drug-likeness (QED) is 0.195. The van der Waals surface area contributed by atoms with Crippen LogP contribution in [0.15, 0.2) is 168 Å². The van der Waals surface area contributed by atoms with Gasteiger partial charge in [0.1, 0.15) is 11.2 Å². The Hall–Kier alpha value is -5.90. The zero-order chi connectivity index (χ0) is 30.9. The standard InChI is InChI=1S/C44H27NOS/c1-2-9-28(10-3-1)29-17-19-33(20-18-29)45(39-16-8-14-30-11-6-7-15-35(30)39)34-21-23-40-38(27-34)43-41(46-40)24-22-36-37-25-31-12-4-5-13-32(31)26-42(37)47-44(36)43/h1-27H. The highest BCUT2D eigenvalue weighted by Gasteiger charge is 2.20. The van der Waals surface area contributed by atoms with Crippen molar-refractivity contribution in [3.63, 3.8) is 0 Å². The molecule has 0 unspecified atom stereocenters. The fraction of sp³-hybridized carbons (Fsp3) is 0. The number of fused-ring (bicyclic) bond motifs is 9. The van der Waals surface area contributed by atoms with Gasteiger partial charge in [0, 0.05) is 47.7 Å². The first-order valence-corrected chi connectivity index (χ1v) is 16.7. The van der Waals surface area contributed by atoms with Gasteiger partial charge in [-0.15, -0.1) is 11.3 Å². The minimum atomic E-state index is 0.899. The smallest absolute Gasteiger partial charge is 0.136 e. The van der Waals surface area contributed by atoms with Crippen molar-refractivity contribution in [3.05, 3.63) is 164 Å². The molecular formula is C44H27NOS. The molecule has 8 aromatic carbocycles. The molecule has 47 heavy (non-hydrogen) atoms. The van der Waals surface area contributed by atoms with Gasteiger partial charge in [-0.3, -0.25) is 0 Å². The number of hydrogen-bond acceptors (Lipinski definition) is 3. The first kappa shape index (κ1) is 26.3. The molecule has 0 saturated carbocycles. The molecule has 220 valence electrons. The van der Waals surface area contributed by atoms with E-state index in [2.05, 4.69) is 169 Å². The maximum atomic E-state index is 6.50. The van der Waals surface area contributed by atoms with Crippen LogP contribution in [-0.2, 0) is 0 Å². The monoisotopic (exact) mass is 617 g/mol. The second-order valence-corrected chi connectivity index (χ2v) is 13.2. The number of nitrogens with zero attached hydrogens (tertiary/aromatic N) is 1. The zero-order valence-corrected chi connectivity index (χ0v) is 26.2. The maximum Gasteiger partial charge on any atom is 0.136 e. The topological polar surface area (TPSA) is 16.4 Å². The van der Waals surface area contributed by atoms with Gasteiger partial charge in [-0.25, -0.2) is 0 Å².